The van der Waals surface area contributed by atoms with E-state index in [1.54, 1.807) is 12.1 Å². The Balaban J connectivity index is 1.89. The summed E-state index contributed by atoms with van der Waals surface area (Å²) in [5, 5.41) is 22.7. The highest BCUT2D eigenvalue weighted by Gasteiger charge is 2.07. The predicted molar refractivity (Wildman–Crippen MR) is 97.6 cm³/mol. The molecule has 0 saturated heterocycles. The maximum Gasteiger partial charge on any atom is 0.277 e. The van der Waals surface area contributed by atoms with Crippen molar-refractivity contribution in [2.45, 2.75) is 6.92 Å². The van der Waals surface area contributed by atoms with Crippen molar-refractivity contribution in [3.8, 4) is 17.2 Å². The highest BCUT2D eigenvalue weighted by Crippen LogP contribution is 2.33. The van der Waals surface area contributed by atoms with Gasteiger partial charge in [-0.05, 0) is 74.2 Å². The number of hydrazone groups is 1. The Morgan fingerprint density at radius 1 is 1.25 bits per heavy atom. The average molecular weight is 458 g/mol. The van der Waals surface area contributed by atoms with Crippen LogP contribution in [-0.2, 0) is 4.79 Å². The topological polar surface area (TPSA) is 91.2 Å². The molecule has 0 spiro atoms. The molecule has 0 aliphatic heterocycles. The second kappa shape index (κ2) is 8.16. The molecule has 0 aromatic heterocycles. The Kier molecular flexibility index (Phi) is 6.22. The number of nitrogens with zero attached hydrogens (tertiary/aromatic N) is 1. The summed E-state index contributed by atoms with van der Waals surface area (Å²) in [7, 11) is 0. The minimum Gasteiger partial charge on any atom is -0.504 e. The Morgan fingerprint density at radius 3 is 2.67 bits per heavy atom. The van der Waals surface area contributed by atoms with E-state index in [1.165, 1.54) is 12.3 Å². The van der Waals surface area contributed by atoms with Gasteiger partial charge in [0.25, 0.3) is 5.91 Å². The molecule has 0 aliphatic rings. The molecule has 0 bridgehead atoms. The number of aryl methyl sites for hydroxylation is 1. The highest BCUT2D eigenvalue weighted by atomic mass is 79.9. The first-order valence-corrected chi connectivity index (χ1v) is 8.37. The molecule has 2 aromatic carbocycles. The number of phenols is 2. The van der Waals surface area contributed by atoms with Gasteiger partial charge in [-0.1, -0.05) is 6.07 Å². The molecule has 6 nitrogen and oxygen atoms in total. The summed E-state index contributed by atoms with van der Waals surface area (Å²) >= 11 is 6.46. The molecule has 3 N–H and O–H groups in total. The van der Waals surface area contributed by atoms with Gasteiger partial charge in [-0.15, -0.1) is 0 Å². The van der Waals surface area contributed by atoms with Crippen LogP contribution in [0.25, 0.3) is 0 Å². The zero-order valence-corrected chi connectivity index (χ0v) is 15.8. The van der Waals surface area contributed by atoms with Crippen LogP contribution in [0.3, 0.4) is 0 Å². The van der Waals surface area contributed by atoms with Crippen molar-refractivity contribution >= 4 is 44.0 Å². The summed E-state index contributed by atoms with van der Waals surface area (Å²) in [4.78, 5) is 11.7. The third kappa shape index (κ3) is 4.97. The number of hydrogen-bond donors (Lipinski definition) is 3. The smallest absolute Gasteiger partial charge is 0.277 e. The van der Waals surface area contributed by atoms with Crippen molar-refractivity contribution in [1.82, 2.24) is 5.43 Å². The second-order valence-corrected chi connectivity index (χ2v) is 6.59. The molecule has 24 heavy (non-hydrogen) atoms. The number of hydrogen-bond acceptors (Lipinski definition) is 5. The maximum atomic E-state index is 11.7. The van der Waals surface area contributed by atoms with E-state index in [9.17, 15) is 15.0 Å². The van der Waals surface area contributed by atoms with Gasteiger partial charge in [-0.25, -0.2) is 5.43 Å². The van der Waals surface area contributed by atoms with Crippen LogP contribution < -0.4 is 10.2 Å². The number of ether oxygens (including phenoxy) is 1. The lowest BCUT2D eigenvalue weighted by atomic mass is 10.2. The first-order chi connectivity index (χ1) is 11.4. The van der Waals surface area contributed by atoms with Crippen molar-refractivity contribution in [3.05, 3.63) is 50.4 Å². The number of nitrogens with one attached hydrogen (secondary N) is 1. The van der Waals surface area contributed by atoms with E-state index in [2.05, 4.69) is 42.4 Å². The minimum atomic E-state index is -0.430. The van der Waals surface area contributed by atoms with E-state index in [1.807, 2.05) is 19.1 Å². The number of carbonyl (C=O) groups is 1. The van der Waals surface area contributed by atoms with Crippen molar-refractivity contribution in [2.75, 3.05) is 6.61 Å². The van der Waals surface area contributed by atoms with E-state index >= 15 is 0 Å². The van der Waals surface area contributed by atoms with Gasteiger partial charge >= 0.3 is 0 Å². The number of phenolic OH excluding ortho intramolecular Hbond substituents is 2. The van der Waals surface area contributed by atoms with Gasteiger partial charge in [0.15, 0.2) is 18.1 Å². The maximum absolute atomic E-state index is 11.7. The molecular formula is C16H14Br2N2O4. The fraction of sp³-hybridized carbons (Fsp3) is 0.125. The summed E-state index contributed by atoms with van der Waals surface area (Å²) in [5.74, 6) is -0.411. The van der Waals surface area contributed by atoms with Crippen LogP contribution in [0.4, 0.5) is 0 Å². The molecule has 126 valence electrons. The molecule has 8 heteroatoms. The predicted octanol–water partition coefficient (Wildman–Crippen LogP) is 3.46. The molecule has 1 amide bonds. The molecule has 0 aliphatic carbocycles. The lowest BCUT2D eigenvalue weighted by Crippen LogP contribution is -2.24. The Labute approximate surface area is 155 Å². The molecular weight excluding hydrogens is 444 g/mol. The second-order valence-electron chi connectivity index (χ2n) is 4.89. The fourth-order valence-electron chi connectivity index (χ4n) is 1.76. The number of amides is 1. The van der Waals surface area contributed by atoms with Crippen molar-refractivity contribution in [2.24, 2.45) is 5.10 Å². The average Bonchev–Trinajstić information content (AvgIpc) is 2.51. The van der Waals surface area contributed by atoms with Gasteiger partial charge in [-0.3, -0.25) is 4.79 Å². The zero-order valence-electron chi connectivity index (χ0n) is 12.6. The number of halogens is 2. The summed E-state index contributed by atoms with van der Waals surface area (Å²) < 4.78 is 6.49. The molecule has 0 heterocycles. The first-order valence-electron chi connectivity index (χ1n) is 6.79. The van der Waals surface area contributed by atoms with E-state index in [-0.39, 0.29) is 18.1 Å². The molecule has 2 aromatic rings. The van der Waals surface area contributed by atoms with Crippen molar-refractivity contribution in [3.63, 3.8) is 0 Å². The van der Waals surface area contributed by atoms with Crippen LogP contribution in [0.15, 0.2) is 44.4 Å². The molecule has 0 unspecified atom stereocenters. The summed E-state index contributed by atoms with van der Waals surface area (Å²) in [6, 6.07) is 8.40. The van der Waals surface area contributed by atoms with Crippen molar-refractivity contribution in [1.29, 1.82) is 0 Å². The lowest BCUT2D eigenvalue weighted by molar-refractivity contribution is -0.123. The van der Waals surface area contributed by atoms with Gasteiger partial charge in [-0.2, -0.15) is 5.10 Å². The van der Waals surface area contributed by atoms with Crippen LogP contribution >= 0.6 is 31.9 Å². The van der Waals surface area contributed by atoms with Gasteiger partial charge < -0.3 is 14.9 Å². The summed E-state index contributed by atoms with van der Waals surface area (Å²) in [6.45, 7) is 1.76. The molecule has 0 fully saturated rings. The Hall–Kier alpha value is -2.06. The third-order valence-electron chi connectivity index (χ3n) is 2.91. The molecule has 0 saturated carbocycles. The SMILES string of the molecule is Cc1ccc(OCC(=O)NN=Cc2cc(O)c(O)c(Br)c2)c(Br)c1. The van der Waals surface area contributed by atoms with Gasteiger partial charge in [0.2, 0.25) is 0 Å². The van der Waals surface area contributed by atoms with E-state index in [4.69, 9.17) is 4.74 Å². The first kappa shape index (κ1) is 18.3. The van der Waals surface area contributed by atoms with Crippen LogP contribution in [-0.4, -0.2) is 28.9 Å². The van der Waals surface area contributed by atoms with Crippen molar-refractivity contribution < 1.29 is 19.7 Å². The fourth-order valence-corrected chi connectivity index (χ4v) is 2.83. The van der Waals surface area contributed by atoms with E-state index < -0.39 is 5.91 Å². The van der Waals surface area contributed by atoms with Gasteiger partial charge in [0.05, 0.1) is 15.2 Å². The molecule has 0 atom stereocenters. The summed E-state index contributed by atoms with van der Waals surface area (Å²) in [6.07, 6.45) is 1.34. The van der Waals surface area contributed by atoms with E-state index in [0.29, 0.717) is 15.8 Å². The van der Waals surface area contributed by atoms with Gasteiger partial charge in [0, 0.05) is 0 Å². The van der Waals surface area contributed by atoms with Crippen LogP contribution in [0, 0.1) is 6.92 Å². The van der Waals surface area contributed by atoms with E-state index in [0.717, 1.165) is 10.0 Å². The Bertz CT molecular complexity index is 771. The largest absolute Gasteiger partial charge is 0.504 e. The third-order valence-corrected chi connectivity index (χ3v) is 4.14. The monoisotopic (exact) mass is 456 g/mol. The number of carbonyl (C=O) groups excluding carboxylic acids is 1. The van der Waals surface area contributed by atoms with Gasteiger partial charge in [0.1, 0.15) is 5.75 Å². The normalized spacial score (nSPS) is 10.8. The highest BCUT2D eigenvalue weighted by molar-refractivity contribution is 9.10. The molecule has 0 radical (unpaired) electrons. The van der Waals surface area contributed by atoms with Crippen LogP contribution in [0.1, 0.15) is 11.1 Å². The number of rotatable bonds is 5. The Morgan fingerprint density at radius 2 is 2.00 bits per heavy atom. The summed E-state index contributed by atoms with van der Waals surface area (Å²) in [5.41, 5.74) is 3.89. The van der Waals surface area contributed by atoms with Crippen LogP contribution in [0.2, 0.25) is 0 Å². The standard InChI is InChI=1S/C16H14Br2N2O4/c1-9-2-3-14(11(17)4-9)24-8-15(22)20-19-7-10-5-12(18)16(23)13(21)6-10/h2-7,21,23H,8H2,1H3,(H,20,22). The number of benzene rings is 2. The minimum absolute atomic E-state index is 0.191. The quantitative estimate of drug-likeness (QED) is 0.364. The van der Waals surface area contributed by atoms with Crippen LogP contribution in [0.5, 0.6) is 17.2 Å². The molecule has 2 rings (SSSR count). The lowest BCUT2D eigenvalue weighted by Gasteiger charge is -2.07. The number of aromatic hydroxyl groups is 2. The zero-order chi connectivity index (χ0) is 17.7.